The molecule has 2 atom stereocenters. The molecular formula is C30H34FN3O3. The van der Waals surface area contributed by atoms with Crippen molar-refractivity contribution in [2.24, 2.45) is 0 Å². The summed E-state index contributed by atoms with van der Waals surface area (Å²) < 4.78 is 22.7. The van der Waals surface area contributed by atoms with Crippen molar-refractivity contribution in [1.82, 2.24) is 14.7 Å². The molecule has 0 N–H and O–H groups in total. The smallest absolute Gasteiger partial charge is 0.341 e. The number of esters is 1. The van der Waals surface area contributed by atoms with Gasteiger partial charge in [-0.25, -0.2) is 13.9 Å². The number of ether oxygens (including phenoxy) is 1. The molecular weight excluding hydrogens is 469 g/mol. The standard InChI is InChI=1S/C30H34FN3O3/c1-4-21-10-7-11-22(5-2)33(21)29(35)25-14-8-13-24(27(25)31)20-9-6-12-23(17-20)34-28(19-15-16-19)26(18-32-34)30(36)37-3/h6,8-9,12-14,17-19,21-22H,4-5,7,10-11,15-16H2,1-3H3. The van der Waals surface area contributed by atoms with Crippen LogP contribution in [0, 0.1) is 5.82 Å². The summed E-state index contributed by atoms with van der Waals surface area (Å²) in [6, 6.07) is 12.8. The van der Waals surface area contributed by atoms with Crippen molar-refractivity contribution >= 4 is 11.9 Å². The summed E-state index contributed by atoms with van der Waals surface area (Å²) in [6.45, 7) is 4.19. The van der Waals surface area contributed by atoms with Gasteiger partial charge in [-0.15, -0.1) is 0 Å². The Balaban J connectivity index is 1.52. The van der Waals surface area contributed by atoms with Gasteiger partial charge in [0, 0.05) is 23.6 Å². The molecule has 7 heteroatoms. The van der Waals surface area contributed by atoms with Crippen molar-refractivity contribution in [3.63, 3.8) is 0 Å². The van der Waals surface area contributed by atoms with Crippen LogP contribution >= 0.6 is 0 Å². The Morgan fingerprint density at radius 3 is 2.35 bits per heavy atom. The lowest BCUT2D eigenvalue weighted by Gasteiger charge is -2.42. The van der Waals surface area contributed by atoms with Gasteiger partial charge in [0.1, 0.15) is 11.4 Å². The van der Waals surface area contributed by atoms with Crippen molar-refractivity contribution in [1.29, 1.82) is 0 Å². The Kier molecular flexibility index (Phi) is 7.13. The van der Waals surface area contributed by atoms with E-state index in [1.807, 2.05) is 29.2 Å². The number of piperidine rings is 1. The van der Waals surface area contributed by atoms with Gasteiger partial charge in [0.05, 0.1) is 30.3 Å². The average molecular weight is 504 g/mol. The van der Waals surface area contributed by atoms with Gasteiger partial charge < -0.3 is 9.64 Å². The molecule has 0 radical (unpaired) electrons. The van der Waals surface area contributed by atoms with E-state index in [2.05, 4.69) is 18.9 Å². The van der Waals surface area contributed by atoms with Crippen LogP contribution in [0.1, 0.15) is 91.1 Å². The van der Waals surface area contributed by atoms with E-state index in [9.17, 15) is 9.59 Å². The van der Waals surface area contributed by atoms with E-state index < -0.39 is 11.8 Å². The predicted molar refractivity (Wildman–Crippen MR) is 140 cm³/mol. The van der Waals surface area contributed by atoms with Crippen LogP contribution in [-0.2, 0) is 4.74 Å². The molecule has 2 heterocycles. The van der Waals surface area contributed by atoms with E-state index in [1.54, 1.807) is 29.1 Å². The molecule has 0 spiro atoms. The van der Waals surface area contributed by atoms with Crippen molar-refractivity contribution in [3.8, 4) is 16.8 Å². The van der Waals surface area contributed by atoms with Crippen LogP contribution in [0.15, 0.2) is 48.7 Å². The van der Waals surface area contributed by atoms with Crippen LogP contribution in [-0.4, -0.2) is 45.8 Å². The molecule has 0 bridgehead atoms. The summed E-state index contributed by atoms with van der Waals surface area (Å²) in [7, 11) is 1.36. The average Bonchev–Trinajstić information content (AvgIpc) is 3.69. The number of aromatic nitrogens is 2. The highest BCUT2D eigenvalue weighted by Crippen LogP contribution is 2.43. The number of carbonyl (C=O) groups is 2. The molecule has 37 heavy (non-hydrogen) atoms. The molecule has 3 aromatic rings. The molecule has 1 saturated carbocycles. The molecule has 5 rings (SSSR count). The Morgan fingerprint density at radius 2 is 1.70 bits per heavy atom. The topological polar surface area (TPSA) is 64.4 Å². The third-order valence-electron chi connectivity index (χ3n) is 7.85. The number of benzene rings is 2. The Labute approximate surface area is 217 Å². The quantitative estimate of drug-likeness (QED) is 0.344. The zero-order valence-electron chi connectivity index (χ0n) is 21.7. The Bertz CT molecular complexity index is 1300. The zero-order chi connectivity index (χ0) is 26.1. The maximum absolute atomic E-state index is 16.0. The fraction of sp³-hybridized carbons (Fsp3) is 0.433. The molecule has 1 aromatic heterocycles. The Hall–Kier alpha value is -3.48. The number of amides is 1. The number of hydrogen-bond donors (Lipinski definition) is 0. The summed E-state index contributed by atoms with van der Waals surface area (Å²) in [4.78, 5) is 27.9. The molecule has 1 amide bonds. The fourth-order valence-corrected chi connectivity index (χ4v) is 5.74. The first-order valence-electron chi connectivity index (χ1n) is 13.4. The zero-order valence-corrected chi connectivity index (χ0v) is 21.7. The summed E-state index contributed by atoms with van der Waals surface area (Å²) in [5.74, 6) is -0.881. The summed E-state index contributed by atoms with van der Waals surface area (Å²) in [5, 5.41) is 4.48. The van der Waals surface area contributed by atoms with Crippen molar-refractivity contribution < 1.29 is 18.7 Å². The second-order valence-corrected chi connectivity index (χ2v) is 10.1. The third-order valence-corrected chi connectivity index (χ3v) is 7.85. The summed E-state index contributed by atoms with van der Waals surface area (Å²) >= 11 is 0. The molecule has 2 aromatic carbocycles. The van der Waals surface area contributed by atoms with Crippen molar-refractivity contribution in [2.75, 3.05) is 7.11 Å². The lowest BCUT2D eigenvalue weighted by molar-refractivity contribution is 0.0428. The minimum Gasteiger partial charge on any atom is -0.465 e. The van der Waals surface area contributed by atoms with E-state index in [0.717, 1.165) is 56.3 Å². The number of carbonyl (C=O) groups excluding carboxylic acids is 2. The van der Waals surface area contributed by atoms with Gasteiger partial charge >= 0.3 is 5.97 Å². The maximum atomic E-state index is 16.0. The van der Waals surface area contributed by atoms with Crippen LogP contribution < -0.4 is 0 Å². The monoisotopic (exact) mass is 503 g/mol. The van der Waals surface area contributed by atoms with Crippen molar-refractivity contribution in [3.05, 3.63) is 71.3 Å². The first-order valence-corrected chi connectivity index (χ1v) is 13.4. The van der Waals surface area contributed by atoms with Crippen LogP contribution in [0.25, 0.3) is 16.8 Å². The summed E-state index contributed by atoms with van der Waals surface area (Å²) in [5.41, 5.74) is 3.17. The van der Waals surface area contributed by atoms with Gasteiger partial charge in [-0.1, -0.05) is 38.1 Å². The molecule has 2 aliphatic rings. The highest BCUT2D eigenvalue weighted by Gasteiger charge is 2.35. The van der Waals surface area contributed by atoms with Crippen LogP contribution in [0.4, 0.5) is 4.39 Å². The second-order valence-electron chi connectivity index (χ2n) is 10.1. The molecule has 194 valence electrons. The number of halogens is 1. The number of hydrogen-bond acceptors (Lipinski definition) is 4. The molecule has 6 nitrogen and oxygen atoms in total. The maximum Gasteiger partial charge on any atom is 0.341 e. The van der Waals surface area contributed by atoms with Gasteiger partial charge in [0.2, 0.25) is 0 Å². The van der Waals surface area contributed by atoms with Gasteiger partial charge in [-0.05, 0) is 68.7 Å². The van der Waals surface area contributed by atoms with E-state index >= 15 is 4.39 Å². The first kappa shape index (κ1) is 25.2. The first-order chi connectivity index (χ1) is 18.0. The number of methoxy groups -OCH3 is 1. The van der Waals surface area contributed by atoms with Crippen LogP contribution in [0.5, 0.6) is 0 Å². The largest absolute Gasteiger partial charge is 0.465 e. The highest BCUT2D eigenvalue weighted by atomic mass is 19.1. The molecule has 1 aliphatic heterocycles. The van der Waals surface area contributed by atoms with Crippen LogP contribution in [0.3, 0.4) is 0 Å². The SMILES string of the molecule is CCC1CCCC(CC)N1C(=O)c1cccc(-c2cccc(-n3ncc(C(=O)OC)c3C3CC3)c2)c1F. The fourth-order valence-electron chi connectivity index (χ4n) is 5.74. The van der Waals surface area contributed by atoms with E-state index in [4.69, 9.17) is 4.74 Å². The van der Waals surface area contributed by atoms with Crippen LogP contribution in [0.2, 0.25) is 0 Å². The minimum absolute atomic E-state index is 0.118. The molecule has 2 unspecified atom stereocenters. The normalized spacial score (nSPS) is 19.6. The number of rotatable bonds is 7. The minimum atomic E-state index is -0.502. The lowest BCUT2D eigenvalue weighted by Crippen LogP contribution is -2.49. The molecule has 1 saturated heterocycles. The second kappa shape index (κ2) is 10.5. The van der Waals surface area contributed by atoms with E-state index in [0.29, 0.717) is 16.7 Å². The van der Waals surface area contributed by atoms with Gasteiger partial charge in [0.25, 0.3) is 5.91 Å². The Morgan fingerprint density at radius 1 is 1.00 bits per heavy atom. The predicted octanol–water partition coefficient (Wildman–Crippen LogP) is 6.53. The molecule has 2 fully saturated rings. The van der Waals surface area contributed by atoms with E-state index in [-0.39, 0.29) is 29.5 Å². The van der Waals surface area contributed by atoms with Crippen molar-refractivity contribution in [2.45, 2.75) is 76.8 Å². The number of nitrogens with zero attached hydrogens (tertiary/aromatic N) is 3. The molecule has 1 aliphatic carbocycles. The van der Waals surface area contributed by atoms with E-state index in [1.165, 1.54) is 7.11 Å². The highest BCUT2D eigenvalue weighted by molar-refractivity contribution is 5.96. The number of likely N-dealkylation sites (tertiary alicyclic amines) is 1. The lowest BCUT2D eigenvalue weighted by atomic mass is 9.91. The van der Waals surface area contributed by atoms with Gasteiger partial charge in [0.15, 0.2) is 0 Å². The third kappa shape index (κ3) is 4.67. The van der Waals surface area contributed by atoms with Gasteiger partial charge in [-0.2, -0.15) is 5.10 Å². The van der Waals surface area contributed by atoms with Gasteiger partial charge in [-0.3, -0.25) is 4.79 Å². The summed E-state index contributed by atoms with van der Waals surface area (Å²) in [6.07, 6.45) is 8.28.